The second-order valence-electron chi connectivity index (χ2n) is 4.21. The summed E-state index contributed by atoms with van der Waals surface area (Å²) in [4.78, 5) is 1.22. The third kappa shape index (κ3) is 4.27. The minimum atomic E-state index is 0.0847. The molecule has 0 spiro atoms. The summed E-state index contributed by atoms with van der Waals surface area (Å²) in [7, 11) is 0. The van der Waals surface area contributed by atoms with Gasteiger partial charge in [-0.1, -0.05) is 40.2 Å². The van der Waals surface area contributed by atoms with E-state index in [4.69, 9.17) is 5.11 Å². The first-order valence-corrected chi connectivity index (χ1v) is 8.00. The van der Waals surface area contributed by atoms with Crippen LogP contribution in [0.5, 0.6) is 0 Å². The largest absolute Gasteiger partial charge is 0.392 e. The number of aliphatic hydroxyl groups excluding tert-OH is 1. The Morgan fingerprint density at radius 3 is 2.68 bits per heavy atom. The first-order chi connectivity index (χ1) is 9.21. The Morgan fingerprint density at radius 2 is 1.95 bits per heavy atom. The molecule has 0 aromatic heterocycles. The van der Waals surface area contributed by atoms with Crippen LogP contribution in [0.25, 0.3) is 0 Å². The van der Waals surface area contributed by atoms with Crippen LogP contribution in [0.15, 0.2) is 51.8 Å². The lowest BCUT2D eigenvalue weighted by atomic mass is 10.1. The molecule has 2 N–H and O–H groups in total. The number of aliphatic hydroxyl groups is 1. The Morgan fingerprint density at radius 1 is 1.16 bits per heavy atom. The molecule has 19 heavy (non-hydrogen) atoms. The molecule has 0 aliphatic rings. The van der Waals surface area contributed by atoms with Crippen LogP contribution in [-0.2, 0) is 13.2 Å². The maximum atomic E-state index is 9.12. The average molecular weight is 338 g/mol. The van der Waals surface area contributed by atoms with Crippen LogP contribution in [0, 0.1) is 0 Å². The molecule has 0 aliphatic heterocycles. The van der Waals surface area contributed by atoms with Gasteiger partial charge in [-0.25, -0.2) is 0 Å². The first kappa shape index (κ1) is 14.4. The second-order valence-corrected chi connectivity index (χ2v) is 6.01. The van der Waals surface area contributed by atoms with Crippen LogP contribution in [0.1, 0.15) is 11.1 Å². The van der Waals surface area contributed by atoms with E-state index in [0.29, 0.717) is 0 Å². The zero-order chi connectivity index (χ0) is 13.7. The van der Waals surface area contributed by atoms with E-state index in [-0.39, 0.29) is 6.61 Å². The highest BCUT2D eigenvalue weighted by Gasteiger charge is 2.00. The van der Waals surface area contributed by atoms with Crippen molar-refractivity contribution in [2.24, 2.45) is 0 Å². The van der Waals surface area contributed by atoms with E-state index in [2.05, 4.69) is 51.8 Å². The molecule has 0 fully saturated rings. The molecule has 0 saturated heterocycles. The minimum absolute atomic E-state index is 0.0847. The van der Waals surface area contributed by atoms with Crippen LogP contribution >= 0.6 is 27.7 Å². The Labute approximate surface area is 126 Å². The van der Waals surface area contributed by atoms with Crippen molar-refractivity contribution in [2.45, 2.75) is 18.0 Å². The van der Waals surface area contributed by atoms with Gasteiger partial charge in [-0.15, -0.1) is 11.8 Å². The molecule has 0 atom stereocenters. The molecule has 0 heterocycles. The molecule has 2 rings (SSSR count). The van der Waals surface area contributed by atoms with Crippen molar-refractivity contribution >= 4 is 33.4 Å². The van der Waals surface area contributed by atoms with Crippen molar-refractivity contribution in [1.82, 2.24) is 0 Å². The predicted molar refractivity (Wildman–Crippen MR) is 85.6 cm³/mol. The molecule has 2 nitrogen and oxygen atoms in total. The maximum Gasteiger partial charge on any atom is 0.0681 e. The van der Waals surface area contributed by atoms with E-state index >= 15 is 0 Å². The van der Waals surface area contributed by atoms with E-state index in [1.165, 1.54) is 4.90 Å². The number of nitrogens with one attached hydrogen (secondary N) is 1. The van der Waals surface area contributed by atoms with E-state index in [0.717, 1.165) is 27.8 Å². The highest BCUT2D eigenvalue weighted by atomic mass is 79.9. The number of hydrogen-bond acceptors (Lipinski definition) is 3. The molecule has 0 aliphatic carbocycles. The third-order valence-corrected chi connectivity index (χ3v) is 3.94. The summed E-state index contributed by atoms with van der Waals surface area (Å²) in [6.45, 7) is 0.833. The fraction of sp³-hybridized carbons (Fsp3) is 0.200. The van der Waals surface area contributed by atoms with Gasteiger partial charge in [0.1, 0.15) is 0 Å². The fourth-order valence-corrected chi connectivity index (χ4v) is 2.96. The average Bonchev–Trinajstić information content (AvgIpc) is 2.44. The van der Waals surface area contributed by atoms with Crippen molar-refractivity contribution < 1.29 is 5.11 Å². The normalized spacial score (nSPS) is 10.5. The van der Waals surface area contributed by atoms with Gasteiger partial charge in [0, 0.05) is 21.6 Å². The summed E-state index contributed by atoms with van der Waals surface area (Å²) in [5.74, 6) is 0. The van der Waals surface area contributed by atoms with E-state index < -0.39 is 0 Å². The molecule has 0 radical (unpaired) electrons. The van der Waals surface area contributed by atoms with Gasteiger partial charge in [-0.2, -0.15) is 0 Å². The topological polar surface area (TPSA) is 32.3 Å². The van der Waals surface area contributed by atoms with Crippen LogP contribution < -0.4 is 5.32 Å². The molecule has 4 heteroatoms. The molecular formula is C15H16BrNOS. The number of anilines is 1. The third-order valence-electron chi connectivity index (χ3n) is 2.78. The zero-order valence-electron chi connectivity index (χ0n) is 10.7. The van der Waals surface area contributed by atoms with E-state index in [9.17, 15) is 0 Å². The lowest BCUT2D eigenvalue weighted by Crippen LogP contribution is -2.00. The van der Waals surface area contributed by atoms with Gasteiger partial charge < -0.3 is 10.4 Å². The van der Waals surface area contributed by atoms with Crippen LogP contribution in [0.2, 0.25) is 0 Å². The standard InChI is InChI=1S/C15H16BrNOS/c1-19-15-7-13(16)6-14(8-15)17-9-11-3-2-4-12(5-11)10-18/h2-8,17-18H,9-10H2,1H3. The van der Waals surface area contributed by atoms with Gasteiger partial charge >= 0.3 is 0 Å². The number of thioether (sulfide) groups is 1. The van der Waals surface area contributed by atoms with Crippen LogP contribution in [-0.4, -0.2) is 11.4 Å². The fourth-order valence-electron chi connectivity index (χ4n) is 1.82. The Kier molecular flexibility index (Phi) is 5.31. The molecule has 0 unspecified atom stereocenters. The summed E-state index contributed by atoms with van der Waals surface area (Å²) in [5, 5.41) is 12.5. The second kappa shape index (κ2) is 6.98. The summed E-state index contributed by atoms with van der Waals surface area (Å²) in [5.41, 5.74) is 3.20. The SMILES string of the molecule is CSc1cc(Br)cc(NCc2cccc(CO)c2)c1. The first-order valence-electron chi connectivity index (χ1n) is 5.98. The quantitative estimate of drug-likeness (QED) is 0.799. The number of halogens is 1. The number of hydrogen-bond donors (Lipinski definition) is 2. The maximum absolute atomic E-state index is 9.12. The number of rotatable bonds is 5. The Balaban J connectivity index is 2.07. The van der Waals surface area contributed by atoms with Crippen molar-refractivity contribution in [3.05, 3.63) is 58.1 Å². The Hall–Kier alpha value is -0.970. The van der Waals surface area contributed by atoms with Crippen LogP contribution in [0.4, 0.5) is 5.69 Å². The lowest BCUT2D eigenvalue weighted by molar-refractivity contribution is 0.281. The summed E-state index contributed by atoms with van der Waals surface area (Å²) in [6.07, 6.45) is 2.07. The van der Waals surface area contributed by atoms with Gasteiger partial charge in [0.15, 0.2) is 0 Å². The Bertz CT molecular complexity index is 560. The lowest BCUT2D eigenvalue weighted by Gasteiger charge is -2.09. The molecule has 0 amide bonds. The van der Waals surface area contributed by atoms with E-state index in [1.54, 1.807) is 11.8 Å². The van der Waals surface area contributed by atoms with Gasteiger partial charge in [-0.3, -0.25) is 0 Å². The number of benzene rings is 2. The summed E-state index contributed by atoms with van der Waals surface area (Å²) in [6, 6.07) is 14.3. The smallest absolute Gasteiger partial charge is 0.0681 e. The van der Waals surface area contributed by atoms with Crippen LogP contribution in [0.3, 0.4) is 0 Å². The van der Waals surface area contributed by atoms with Gasteiger partial charge in [-0.05, 0) is 35.6 Å². The van der Waals surface area contributed by atoms with Crippen molar-refractivity contribution in [3.8, 4) is 0 Å². The molecular weight excluding hydrogens is 322 g/mol. The molecule has 0 saturated carbocycles. The van der Waals surface area contributed by atoms with Crippen molar-refractivity contribution in [2.75, 3.05) is 11.6 Å². The highest BCUT2D eigenvalue weighted by molar-refractivity contribution is 9.10. The van der Waals surface area contributed by atoms with E-state index in [1.807, 2.05) is 18.2 Å². The van der Waals surface area contributed by atoms with Crippen molar-refractivity contribution in [1.29, 1.82) is 0 Å². The van der Waals surface area contributed by atoms with Gasteiger partial charge in [0.05, 0.1) is 6.61 Å². The van der Waals surface area contributed by atoms with Crippen molar-refractivity contribution in [3.63, 3.8) is 0 Å². The zero-order valence-corrected chi connectivity index (χ0v) is 13.1. The summed E-state index contributed by atoms with van der Waals surface area (Å²) < 4.78 is 1.07. The van der Waals surface area contributed by atoms with Gasteiger partial charge in [0.2, 0.25) is 0 Å². The highest BCUT2D eigenvalue weighted by Crippen LogP contribution is 2.25. The summed E-state index contributed by atoms with van der Waals surface area (Å²) >= 11 is 5.24. The minimum Gasteiger partial charge on any atom is -0.392 e. The monoisotopic (exact) mass is 337 g/mol. The molecule has 100 valence electrons. The molecule has 2 aromatic carbocycles. The molecule has 2 aromatic rings. The predicted octanol–water partition coefficient (Wildman–Crippen LogP) is 4.28. The van der Waals surface area contributed by atoms with Gasteiger partial charge in [0.25, 0.3) is 0 Å². The molecule has 0 bridgehead atoms.